The van der Waals surface area contributed by atoms with Gasteiger partial charge in [-0.15, -0.1) is 11.3 Å². The number of anilines is 1. The number of benzene rings is 1. The van der Waals surface area contributed by atoms with Gasteiger partial charge < -0.3 is 4.72 Å². The van der Waals surface area contributed by atoms with Crippen LogP contribution in [0.4, 0.5) is 5.69 Å². The van der Waals surface area contributed by atoms with Gasteiger partial charge in [-0.2, -0.15) is 0 Å². The van der Waals surface area contributed by atoms with E-state index in [1.165, 1.54) is 9.77 Å². The van der Waals surface area contributed by atoms with Crippen LogP contribution in [-0.4, -0.2) is 0 Å². The summed E-state index contributed by atoms with van der Waals surface area (Å²) in [5, 5.41) is 2.08. The Balaban J connectivity index is 0.00000112. The molecule has 0 unspecified atom stereocenters. The summed E-state index contributed by atoms with van der Waals surface area (Å²) >= 11 is 3.40. The van der Waals surface area contributed by atoms with E-state index in [0.29, 0.717) is 0 Å². The molecule has 0 amide bonds. The molecule has 2 rings (SSSR count). The summed E-state index contributed by atoms with van der Waals surface area (Å²) in [6.45, 7) is 2.09. The first-order chi connectivity index (χ1) is 6.84. The molecule has 80 valence electrons. The lowest BCUT2D eigenvalue weighted by molar-refractivity contribution is 1.47. The van der Waals surface area contributed by atoms with Crippen LogP contribution in [0.15, 0.2) is 46.0 Å². The molecule has 0 spiro atoms. The van der Waals surface area contributed by atoms with Gasteiger partial charge in [0.2, 0.25) is 0 Å². The molecule has 3 heteroatoms. The SMILES string of the molecule is C.Cc1ccc(NSc2cccs2)cc1. The van der Waals surface area contributed by atoms with E-state index < -0.39 is 0 Å². The van der Waals surface area contributed by atoms with Crippen molar-refractivity contribution in [2.75, 3.05) is 4.72 Å². The van der Waals surface area contributed by atoms with Crippen molar-refractivity contribution >= 4 is 29.0 Å². The van der Waals surface area contributed by atoms with E-state index in [9.17, 15) is 0 Å². The predicted octanol–water partition coefficient (Wildman–Crippen LogP) is 4.81. The van der Waals surface area contributed by atoms with Gasteiger partial charge in [-0.3, -0.25) is 0 Å². The van der Waals surface area contributed by atoms with Crippen LogP contribution in [0.5, 0.6) is 0 Å². The van der Waals surface area contributed by atoms with Crippen LogP contribution in [0.1, 0.15) is 13.0 Å². The number of hydrogen-bond acceptors (Lipinski definition) is 3. The van der Waals surface area contributed by atoms with E-state index in [1.807, 2.05) is 0 Å². The van der Waals surface area contributed by atoms with E-state index in [2.05, 4.69) is 53.4 Å². The third-order valence-electron chi connectivity index (χ3n) is 1.82. The van der Waals surface area contributed by atoms with E-state index in [0.717, 1.165) is 5.69 Å². The molecule has 15 heavy (non-hydrogen) atoms. The predicted molar refractivity (Wildman–Crippen MR) is 71.7 cm³/mol. The molecule has 1 N–H and O–H groups in total. The summed E-state index contributed by atoms with van der Waals surface area (Å²) in [7, 11) is 0. The first kappa shape index (κ1) is 12.1. The second kappa shape index (κ2) is 5.83. The van der Waals surface area contributed by atoms with Gasteiger partial charge in [-0.25, -0.2) is 0 Å². The van der Waals surface area contributed by atoms with E-state index in [4.69, 9.17) is 0 Å². The maximum Gasteiger partial charge on any atom is 0.0807 e. The van der Waals surface area contributed by atoms with E-state index in [-0.39, 0.29) is 7.43 Å². The van der Waals surface area contributed by atoms with Crippen molar-refractivity contribution in [3.8, 4) is 0 Å². The Labute approximate surface area is 99.7 Å². The summed E-state index contributed by atoms with van der Waals surface area (Å²) in [6.07, 6.45) is 0. The molecule has 0 saturated carbocycles. The Kier molecular flexibility index (Phi) is 4.72. The molecular formula is C12H15NS2. The maximum atomic E-state index is 3.30. The Bertz CT molecular complexity index is 379. The number of aryl methyl sites for hydroxylation is 1. The molecule has 2 aromatic rings. The number of hydrogen-bond donors (Lipinski definition) is 1. The summed E-state index contributed by atoms with van der Waals surface area (Å²) in [6, 6.07) is 12.6. The molecule has 0 bridgehead atoms. The second-order valence-corrected chi connectivity index (χ2v) is 5.06. The molecule has 0 fully saturated rings. The monoisotopic (exact) mass is 237 g/mol. The van der Waals surface area contributed by atoms with Gasteiger partial charge in [0.25, 0.3) is 0 Å². The molecule has 0 radical (unpaired) electrons. The van der Waals surface area contributed by atoms with Crippen LogP contribution < -0.4 is 4.72 Å². The average molecular weight is 237 g/mol. The fourth-order valence-electron chi connectivity index (χ4n) is 1.05. The fourth-order valence-corrected chi connectivity index (χ4v) is 2.49. The van der Waals surface area contributed by atoms with Gasteiger partial charge in [0.05, 0.1) is 4.21 Å². The number of thiophene rings is 1. The first-order valence-electron chi connectivity index (χ1n) is 4.37. The summed E-state index contributed by atoms with van der Waals surface area (Å²) in [5.41, 5.74) is 2.44. The van der Waals surface area contributed by atoms with Gasteiger partial charge in [0.15, 0.2) is 0 Å². The van der Waals surface area contributed by atoms with Crippen LogP contribution in [0.2, 0.25) is 0 Å². The lowest BCUT2D eigenvalue weighted by Crippen LogP contribution is -1.84. The molecule has 0 aliphatic carbocycles. The van der Waals surface area contributed by atoms with Crippen molar-refractivity contribution in [3.63, 3.8) is 0 Å². The highest BCUT2D eigenvalue weighted by atomic mass is 32.2. The first-order valence-corrected chi connectivity index (χ1v) is 6.07. The lowest BCUT2D eigenvalue weighted by Gasteiger charge is -2.03. The molecule has 1 nitrogen and oxygen atoms in total. The van der Waals surface area contributed by atoms with Crippen molar-refractivity contribution in [3.05, 3.63) is 47.3 Å². The average Bonchev–Trinajstić information content (AvgIpc) is 2.70. The Hall–Kier alpha value is -0.930. The summed E-state index contributed by atoms with van der Waals surface area (Å²) < 4.78 is 4.58. The third kappa shape index (κ3) is 3.61. The second-order valence-electron chi connectivity index (χ2n) is 3.00. The largest absolute Gasteiger partial charge is 0.325 e. The topological polar surface area (TPSA) is 12.0 Å². The lowest BCUT2D eigenvalue weighted by atomic mass is 10.2. The molecular weight excluding hydrogens is 222 g/mol. The highest BCUT2D eigenvalue weighted by Crippen LogP contribution is 2.25. The fraction of sp³-hybridized carbons (Fsp3) is 0.167. The maximum absolute atomic E-state index is 3.30. The van der Waals surface area contributed by atoms with Crippen molar-refractivity contribution < 1.29 is 0 Å². The minimum absolute atomic E-state index is 0. The van der Waals surface area contributed by atoms with Gasteiger partial charge in [0, 0.05) is 5.69 Å². The molecule has 0 saturated heterocycles. The van der Waals surface area contributed by atoms with Crippen LogP contribution in [0, 0.1) is 6.92 Å². The molecule has 0 aliphatic heterocycles. The van der Waals surface area contributed by atoms with Crippen LogP contribution in [0.3, 0.4) is 0 Å². The van der Waals surface area contributed by atoms with Crippen molar-refractivity contribution in [2.45, 2.75) is 18.6 Å². The summed E-state index contributed by atoms with van der Waals surface area (Å²) in [4.78, 5) is 0. The van der Waals surface area contributed by atoms with Crippen LogP contribution >= 0.6 is 23.3 Å². The molecule has 0 aliphatic rings. The zero-order valence-electron chi connectivity index (χ0n) is 7.86. The standard InChI is InChI=1S/C11H11NS2.CH4/c1-9-4-6-10(7-5-9)12-14-11-3-2-8-13-11;/h2-8,12H,1H3;1H4. The van der Waals surface area contributed by atoms with Gasteiger partial charge in [-0.05, 0) is 42.5 Å². The Morgan fingerprint density at radius 1 is 1.13 bits per heavy atom. The van der Waals surface area contributed by atoms with Crippen molar-refractivity contribution in [2.24, 2.45) is 0 Å². The van der Waals surface area contributed by atoms with Crippen molar-refractivity contribution in [1.29, 1.82) is 0 Å². The van der Waals surface area contributed by atoms with Crippen molar-refractivity contribution in [1.82, 2.24) is 0 Å². The minimum atomic E-state index is 0. The smallest absolute Gasteiger partial charge is 0.0807 e. The number of nitrogens with one attached hydrogen (secondary N) is 1. The zero-order chi connectivity index (χ0) is 9.80. The highest BCUT2D eigenvalue weighted by molar-refractivity contribution is 8.02. The normalized spacial score (nSPS) is 9.40. The van der Waals surface area contributed by atoms with Gasteiger partial charge in [-0.1, -0.05) is 31.2 Å². The van der Waals surface area contributed by atoms with E-state index in [1.54, 1.807) is 23.3 Å². The molecule has 1 heterocycles. The van der Waals surface area contributed by atoms with Gasteiger partial charge in [0.1, 0.15) is 0 Å². The zero-order valence-corrected chi connectivity index (χ0v) is 9.49. The number of rotatable bonds is 3. The third-order valence-corrected chi connectivity index (χ3v) is 3.69. The Morgan fingerprint density at radius 3 is 2.47 bits per heavy atom. The Morgan fingerprint density at radius 2 is 1.87 bits per heavy atom. The van der Waals surface area contributed by atoms with E-state index >= 15 is 0 Å². The minimum Gasteiger partial charge on any atom is -0.325 e. The molecule has 1 aromatic heterocycles. The van der Waals surface area contributed by atoms with Crippen LogP contribution in [-0.2, 0) is 0 Å². The van der Waals surface area contributed by atoms with Crippen LogP contribution in [0.25, 0.3) is 0 Å². The van der Waals surface area contributed by atoms with Gasteiger partial charge >= 0.3 is 0 Å². The molecule has 1 aromatic carbocycles. The quantitative estimate of drug-likeness (QED) is 0.769. The molecule has 0 atom stereocenters. The highest BCUT2D eigenvalue weighted by Gasteiger charge is 1.94. The summed E-state index contributed by atoms with van der Waals surface area (Å²) in [5.74, 6) is 0.